The SMILES string of the molecule is NC(C(=O)NC(CC1CCNC1=O)C(=O)O)C1Cc2ccccc2O1. The first-order chi connectivity index (χ1) is 12.0. The fourth-order valence-corrected chi connectivity index (χ4v) is 3.22. The summed E-state index contributed by atoms with van der Waals surface area (Å²) in [7, 11) is 0. The van der Waals surface area contributed by atoms with Crippen molar-refractivity contribution in [2.75, 3.05) is 6.54 Å². The highest BCUT2D eigenvalue weighted by Gasteiger charge is 2.36. The molecule has 0 saturated carbocycles. The first-order valence-electron chi connectivity index (χ1n) is 8.26. The Hall–Kier alpha value is -2.61. The fourth-order valence-electron chi connectivity index (χ4n) is 3.22. The molecular weight excluding hydrogens is 326 g/mol. The maximum absolute atomic E-state index is 12.4. The van der Waals surface area contributed by atoms with Crippen LogP contribution >= 0.6 is 0 Å². The van der Waals surface area contributed by atoms with E-state index in [1.165, 1.54) is 0 Å². The molecule has 2 aliphatic rings. The van der Waals surface area contributed by atoms with Gasteiger partial charge in [-0.15, -0.1) is 0 Å². The lowest BCUT2D eigenvalue weighted by Gasteiger charge is -2.22. The molecule has 2 amide bonds. The van der Waals surface area contributed by atoms with E-state index in [-0.39, 0.29) is 12.3 Å². The molecule has 2 heterocycles. The number of aliphatic carboxylic acids is 1. The van der Waals surface area contributed by atoms with Gasteiger partial charge in [-0.3, -0.25) is 9.59 Å². The molecular formula is C17H21N3O5. The molecule has 1 aromatic rings. The Morgan fingerprint density at radius 3 is 2.80 bits per heavy atom. The molecule has 5 N–H and O–H groups in total. The number of carbonyl (C=O) groups excluding carboxylic acids is 2. The van der Waals surface area contributed by atoms with Crippen molar-refractivity contribution in [3.63, 3.8) is 0 Å². The summed E-state index contributed by atoms with van der Waals surface area (Å²) in [5, 5.41) is 14.4. The molecule has 0 aliphatic carbocycles. The monoisotopic (exact) mass is 347 g/mol. The Balaban J connectivity index is 1.59. The van der Waals surface area contributed by atoms with Crippen LogP contribution in [0, 0.1) is 5.92 Å². The van der Waals surface area contributed by atoms with Crippen LogP contribution in [0.4, 0.5) is 0 Å². The molecule has 8 nitrogen and oxygen atoms in total. The molecule has 1 fully saturated rings. The molecule has 0 radical (unpaired) electrons. The molecule has 8 heteroatoms. The van der Waals surface area contributed by atoms with Crippen LogP contribution in [0.3, 0.4) is 0 Å². The van der Waals surface area contributed by atoms with Gasteiger partial charge in [0.05, 0.1) is 0 Å². The first kappa shape index (κ1) is 17.2. The van der Waals surface area contributed by atoms with Gasteiger partial charge in [0, 0.05) is 18.9 Å². The summed E-state index contributed by atoms with van der Waals surface area (Å²) in [6.45, 7) is 0.525. The molecule has 2 aliphatic heterocycles. The van der Waals surface area contributed by atoms with Gasteiger partial charge in [0.15, 0.2) is 0 Å². The highest BCUT2D eigenvalue weighted by Crippen LogP contribution is 2.29. The minimum atomic E-state index is -1.18. The van der Waals surface area contributed by atoms with Crippen LogP contribution < -0.4 is 21.1 Å². The van der Waals surface area contributed by atoms with Crippen LogP contribution in [0.25, 0.3) is 0 Å². The van der Waals surface area contributed by atoms with Gasteiger partial charge >= 0.3 is 5.97 Å². The molecule has 4 unspecified atom stereocenters. The summed E-state index contributed by atoms with van der Waals surface area (Å²) >= 11 is 0. The Kier molecular flexibility index (Phi) is 4.89. The third kappa shape index (κ3) is 3.74. The van der Waals surface area contributed by atoms with Gasteiger partial charge in [0.1, 0.15) is 23.9 Å². The van der Waals surface area contributed by atoms with Crippen molar-refractivity contribution in [1.29, 1.82) is 0 Å². The average molecular weight is 347 g/mol. The number of fused-ring (bicyclic) bond motifs is 1. The number of carboxylic acid groups (broad SMARTS) is 1. The lowest BCUT2D eigenvalue weighted by molar-refractivity contribution is -0.143. The molecule has 4 atom stereocenters. The molecule has 0 aromatic heterocycles. The van der Waals surface area contributed by atoms with E-state index in [0.29, 0.717) is 25.1 Å². The fraction of sp³-hybridized carbons (Fsp3) is 0.471. The minimum absolute atomic E-state index is 0.0470. The van der Waals surface area contributed by atoms with Crippen molar-refractivity contribution in [2.45, 2.75) is 37.5 Å². The van der Waals surface area contributed by atoms with E-state index in [2.05, 4.69) is 10.6 Å². The Morgan fingerprint density at radius 2 is 2.16 bits per heavy atom. The van der Waals surface area contributed by atoms with Crippen molar-refractivity contribution in [1.82, 2.24) is 10.6 Å². The maximum Gasteiger partial charge on any atom is 0.326 e. The van der Waals surface area contributed by atoms with Crippen LogP contribution in [0.5, 0.6) is 5.75 Å². The first-order valence-corrected chi connectivity index (χ1v) is 8.26. The summed E-state index contributed by atoms with van der Waals surface area (Å²) in [5.41, 5.74) is 6.94. The predicted octanol–water partition coefficient (Wildman–Crippen LogP) is -0.587. The van der Waals surface area contributed by atoms with Gasteiger partial charge in [-0.1, -0.05) is 18.2 Å². The third-order valence-electron chi connectivity index (χ3n) is 4.67. The van der Waals surface area contributed by atoms with Crippen LogP contribution in [0.1, 0.15) is 18.4 Å². The average Bonchev–Trinajstić information content (AvgIpc) is 3.19. The summed E-state index contributed by atoms with van der Waals surface area (Å²) in [5.74, 6) is -1.68. The zero-order chi connectivity index (χ0) is 18.0. The number of para-hydroxylation sites is 1. The number of hydrogen-bond donors (Lipinski definition) is 4. The van der Waals surface area contributed by atoms with Crippen molar-refractivity contribution in [2.24, 2.45) is 11.7 Å². The summed E-state index contributed by atoms with van der Waals surface area (Å²) in [6.07, 6.45) is 0.562. The van der Waals surface area contributed by atoms with Crippen LogP contribution in [-0.2, 0) is 20.8 Å². The zero-order valence-corrected chi connectivity index (χ0v) is 13.6. The lowest BCUT2D eigenvalue weighted by atomic mass is 9.97. The standard InChI is InChI=1S/C17H21N3O5/c18-14(13-8-9-3-1-2-4-12(9)25-13)16(22)20-11(17(23)24)7-10-5-6-19-15(10)21/h1-4,10-11,13-14H,5-8,18H2,(H,19,21)(H,20,22)(H,23,24). The van der Waals surface area contributed by atoms with Crippen LogP contribution in [0.2, 0.25) is 0 Å². The van der Waals surface area contributed by atoms with Crippen molar-refractivity contribution in [3.8, 4) is 5.75 Å². The van der Waals surface area contributed by atoms with E-state index in [1.807, 2.05) is 18.2 Å². The van der Waals surface area contributed by atoms with Gasteiger partial charge in [-0.05, 0) is 24.5 Å². The lowest BCUT2D eigenvalue weighted by Crippen LogP contribution is -2.54. The normalized spacial score (nSPS) is 24.0. The van der Waals surface area contributed by atoms with Crippen molar-refractivity contribution in [3.05, 3.63) is 29.8 Å². The number of ether oxygens (including phenoxy) is 1. The molecule has 1 saturated heterocycles. The second-order valence-corrected chi connectivity index (χ2v) is 6.41. The number of nitrogens with two attached hydrogens (primary N) is 1. The number of carbonyl (C=O) groups is 3. The minimum Gasteiger partial charge on any atom is -0.488 e. The van der Waals surface area contributed by atoms with E-state index in [0.717, 1.165) is 5.56 Å². The van der Waals surface area contributed by atoms with Crippen LogP contribution in [-0.4, -0.2) is 47.6 Å². The topological polar surface area (TPSA) is 131 Å². The van der Waals surface area contributed by atoms with Gasteiger partial charge in [-0.2, -0.15) is 0 Å². The molecule has 25 heavy (non-hydrogen) atoms. The van der Waals surface area contributed by atoms with E-state index < -0.39 is 36.0 Å². The van der Waals surface area contributed by atoms with E-state index in [4.69, 9.17) is 10.5 Å². The summed E-state index contributed by atoms with van der Waals surface area (Å²) in [4.78, 5) is 35.4. The smallest absolute Gasteiger partial charge is 0.326 e. The second kappa shape index (κ2) is 7.10. The number of hydrogen-bond acceptors (Lipinski definition) is 5. The summed E-state index contributed by atoms with van der Waals surface area (Å²) < 4.78 is 5.69. The van der Waals surface area contributed by atoms with E-state index >= 15 is 0 Å². The zero-order valence-electron chi connectivity index (χ0n) is 13.6. The molecule has 1 aromatic carbocycles. The molecule has 3 rings (SSSR count). The van der Waals surface area contributed by atoms with Crippen molar-refractivity contribution >= 4 is 17.8 Å². The van der Waals surface area contributed by atoms with Crippen molar-refractivity contribution < 1.29 is 24.2 Å². The largest absolute Gasteiger partial charge is 0.488 e. The predicted molar refractivity (Wildman–Crippen MR) is 87.8 cm³/mol. The highest BCUT2D eigenvalue weighted by molar-refractivity contribution is 5.88. The Bertz CT molecular complexity index is 668. The quantitative estimate of drug-likeness (QED) is 0.544. The number of nitrogens with one attached hydrogen (secondary N) is 2. The van der Waals surface area contributed by atoms with Gasteiger partial charge < -0.3 is 26.2 Å². The molecule has 0 bridgehead atoms. The van der Waals surface area contributed by atoms with Gasteiger partial charge in [0.2, 0.25) is 11.8 Å². The number of rotatable bonds is 6. The third-order valence-corrected chi connectivity index (χ3v) is 4.67. The highest BCUT2D eigenvalue weighted by atomic mass is 16.5. The van der Waals surface area contributed by atoms with E-state index in [9.17, 15) is 19.5 Å². The van der Waals surface area contributed by atoms with E-state index in [1.54, 1.807) is 6.07 Å². The van der Waals surface area contributed by atoms with Gasteiger partial charge in [-0.25, -0.2) is 4.79 Å². The summed E-state index contributed by atoms with van der Waals surface area (Å²) in [6, 6.07) is 5.27. The Labute approximate surface area is 144 Å². The van der Waals surface area contributed by atoms with Crippen LogP contribution in [0.15, 0.2) is 24.3 Å². The maximum atomic E-state index is 12.4. The number of benzene rings is 1. The second-order valence-electron chi connectivity index (χ2n) is 6.41. The van der Waals surface area contributed by atoms with Gasteiger partial charge in [0.25, 0.3) is 0 Å². The Morgan fingerprint density at radius 1 is 1.40 bits per heavy atom. The molecule has 0 spiro atoms. The molecule has 134 valence electrons. The number of amides is 2. The number of carboxylic acids is 1.